The molecule has 1 fully saturated rings. The largest absolute Gasteiger partial charge is 0.462 e. The van der Waals surface area contributed by atoms with E-state index in [1.807, 2.05) is 0 Å². The molecule has 10 nitrogen and oxygen atoms in total. The van der Waals surface area contributed by atoms with Crippen molar-refractivity contribution < 1.29 is 45.6 Å². The van der Waals surface area contributed by atoms with Gasteiger partial charge < -0.3 is 45.6 Å². The average Bonchev–Trinajstić information content (AvgIpc) is 2.50. The van der Waals surface area contributed by atoms with Gasteiger partial charge >= 0.3 is 5.63 Å². The van der Waals surface area contributed by atoms with E-state index in [0.29, 0.717) is 11.3 Å². The van der Waals surface area contributed by atoms with E-state index in [-0.39, 0.29) is 16.4 Å². The number of hydrogen-bond acceptors (Lipinski definition) is 7. The lowest BCUT2D eigenvalue weighted by molar-refractivity contribution is -0.268. The minimum Gasteiger partial charge on any atom is -0.462 e. The van der Waals surface area contributed by atoms with E-state index >= 15 is 0 Å². The molecule has 1 aromatic carbocycles. The molecule has 10 heteroatoms. The second kappa shape index (κ2) is 9.05. The van der Waals surface area contributed by atoms with E-state index in [9.17, 15) is 20.1 Å². The monoisotopic (exact) mass is 376 g/mol. The number of ether oxygens (including phenoxy) is 2. The normalized spacial score (nSPS) is 27.7. The third kappa shape index (κ3) is 4.37. The van der Waals surface area contributed by atoms with Crippen LogP contribution in [0.1, 0.15) is 12.5 Å². The average molecular weight is 376 g/mol. The molecular formula is C16H24O10. The van der Waals surface area contributed by atoms with Crippen LogP contribution in [0.2, 0.25) is 0 Å². The fourth-order valence-corrected chi connectivity index (χ4v) is 2.62. The van der Waals surface area contributed by atoms with Crippen molar-refractivity contribution in [1.29, 1.82) is 0 Å². The van der Waals surface area contributed by atoms with Crippen LogP contribution in [0.3, 0.4) is 0 Å². The highest BCUT2D eigenvalue weighted by molar-refractivity contribution is 5.81. The Hall–Kier alpha value is -2.05. The Kier molecular flexibility index (Phi) is 8.34. The van der Waals surface area contributed by atoms with E-state index < -0.39 is 36.3 Å². The highest BCUT2D eigenvalue weighted by atomic mass is 16.7. The van der Waals surface area contributed by atoms with Crippen LogP contribution in [0.15, 0.2) is 33.5 Å². The van der Waals surface area contributed by atoms with E-state index in [4.69, 9.17) is 13.9 Å². The summed E-state index contributed by atoms with van der Waals surface area (Å²) in [5, 5.41) is 30.2. The van der Waals surface area contributed by atoms with Gasteiger partial charge in [0.25, 0.3) is 0 Å². The Morgan fingerprint density at radius 2 is 1.65 bits per heavy atom. The topological polar surface area (TPSA) is 204 Å². The molecule has 5 atom stereocenters. The molecule has 1 aromatic heterocycles. The number of aliphatic hydroxyl groups excluding tert-OH is 3. The van der Waals surface area contributed by atoms with Crippen molar-refractivity contribution in [2.75, 3.05) is 0 Å². The van der Waals surface area contributed by atoms with E-state index in [0.717, 1.165) is 10.9 Å². The lowest BCUT2D eigenvalue weighted by Crippen LogP contribution is -2.58. The van der Waals surface area contributed by atoms with Gasteiger partial charge in [-0.2, -0.15) is 0 Å². The lowest BCUT2D eigenvalue weighted by Gasteiger charge is -2.38. The first kappa shape index (κ1) is 23.9. The van der Waals surface area contributed by atoms with E-state index in [1.165, 1.54) is 12.1 Å². The zero-order chi connectivity index (χ0) is 16.7. The summed E-state index contributed by atoms with van der Waals surface area (Å²) >= 11 is 0. The first-order valence-electron chi connectivity index (χ1n) is 7.27. The van der Waals surface area contributed by atoms with Crippen molar-refractivity contribution >= 4 is 11.0 Å². The third-order valence-corrected chi connectivity index (χ3v) is 3.98. The molecule has 2 aromatic rings. The summed E-state index contributed by atoms with van der Waals surface area (Å²) in [5.74, 6) is 0.311. The highest BCUT2D eigenvalue weighted by Gasteiger charge is 2.43. The maximum absolute atomic E-state index is 11.4. The SMILES string of the molecule is Cc1cc(=O)oc2cc(O[C@@H]3O[C@H](C)[C@@H](O)[C@H](O)[C@H]3O)ccc12.O.O.O. The Labute approximate surface area is 148 Å². The van der Waals surface area contributed by atoms with Gasteiger partial charge in [-0.15, -0.1) is 0 Å². The molecule has 0 aliphatic carbocycles. The smallest absolute Gasteiger partial charge is 0.336 e. The van der Waals surface area contributed by atoms with Crippen LogP contribution in [-0.2, 0) is 4.74 Å². The number of rotatable bonds is 2. The lowest BCUT2D eigenvalue weighted by atomic mass is 10.00. The van der Waals surface area contributed by atoms with Crippen LogP contribution in [0, 0.1) is 6.92 Å². The molecule has 1 aliphatic heterocycles. The summed E-state index contributed by atoms with van der Waals surface area (Å²) < 4.78 is 16.0. The van der Waals surface area contributed by atoms with Crippen molar-refractivity contribution in [2.24, 2.45) is 0 Å². The molecule has 0 amide bonds. The molecule has 1 aliphatic rings. The van der Waals surface area contributed by atoms with Gasteiger partial charge in [-0.1, -0.05) is 0 Å². The second-order valence-corrected chi connectivity index (χ2v) is 5.71. The molecule has 26 heavy (non-hydrogen) atoms. The quantitative estimate of drug-likeness (QED) is 0.494. The van der Waals surface area contributed by atoms with Gasteiger partial charge in [0.2, 0.25) is 6.29 Å². The molecule has 9 N–H and O–H groups in total. The summed E-state index contributed by atoms with van der Waals surface area (Å²) in [6.45, 7) is 3.37. The molecule has 148 valence electrons. The predicted octanol–water partition coefficient (Wildman–Crippen LogP) is -2.17. The minimum absolute atomic E-state index is 0. The first-order valence-corrected chi connectivity index (χ1v) is 7.27. The standard InChI is InChI=1S/C16H18O7.3H2O/c1-7-5-12(17)23-11-6-9(3-4-10(7)11)22-16-15(20)14(19)13(18)8(2)21-16;;;/h3-6,8,13-16,18-20H,1-2H3;3*1H2/t8-,13-,14+,15-,16+;;;/m1.../s1. The summed E-state index contributed by atoms with van der Waals surface area (Å²) in [6.07, 6.45) is -5.80. The molecule has 3 rings (SSSR count). The minimum atomic E-state index is -1.40. The van der Waals surface area contributed by atoms with Crippen LogP contribution in [0.25, 0.3) is 11.0 Å². The molecule has 2 heterocycles. The Morgan fingerprint density at radius 1 is 1.00 bits per heavy atom. The van der Waals surface area contributed by atoms with Crippen molar-refractivity contribution in [2.45, 2.75) is 44.6 Å². The predicted molar refractivity (Wildman–Crippen MR) is 91.0 cm³/mol. The highest BCUT2D eigenvalue weighted by Crippen LogP contribution is 2.27. The summed E-state index contributed by atoms with van der Waals surface area (Å²) in [4.78, 5) is 11.4. The Morgan fingerprint density at radius 3 is 2.31 bits per heavy atom. The molecular weight excluding hydrogens is 352 g/mol. The molecule has 1 saturated heterocycles. The van der Waals surface area contributed by atoms with Gasteiger partial charge in [0.1, 0.15) is 29.6 Å². The molecule has 0 bridgehead atoms. The maximum atomic E-state index is 11.4. The third-order valence-electron chi connectivity index (χ3n) is 3.98. The maximum Gasteiger partial charge on any atom is 0.336 e. The van der Waals surface area contributed by atoms with Gasteiger partial charge in [0.15, 0.2) is 0 Å². The Balaban J connectivity index is 0.00000208. The van der Waals surface area contributed by atoms with Crippen molar-refractivity contribution in [1.82, 2.24) is 0 Å². The molecule has 0 saturated carbocycles. The van der Waals surface area contributed by atoms with Crippen molar-refractivity contribution in [3.8, 4) is 5.75 Å². The van der Waals surface area contributed by atoms with Gasteiger partial charge in [0.05, 0.1) is 6.10 Å². The van der Waals surface area contributed by atoms with E-state index in [2.05, 4.69) is 0 Å². The molecule has 0 unspecified atom stereocenters. The van der Waals surface area contributed by atoms with Crippen LogP contribution in [-0.4, -0.2) is 62.5 Å². The van der Waals surface area contributed by atoms with Crippen LogP contribution < -0.4 is 10.4 Å². The van der Waals surface area contributed by atoms with Crippen LogP contribution in [0.4, 0.5) is 0 Å². The van der Waals surface area contributed by atoms with Crippen molar-refractivity contribution in [3.05, 3.63) is 40.2 Å². The number of hydrogen-bond donors (Lipinski definition) is 3. The fourth-order valence-electron chi connectivity index (χ4n) is 2.62. The summed E-state index contributed by atoms with van der Waals surface area (Å²) in [6, 6.07) is 6.29. The van der Waals surface area contributed by atoms with E-state index in [1.54, 1.807) is 26.0 Å². The first-order chi connectivity index (χ1) is 10.9. The zero-order valence-corrected chi connectivity index (χ0v) is 14.2. The second-order valence-electron chi connectivity index (χ2n) is 5.71. The van der Waals surface area contributed by atoms with Gasteiger partial charge in [-0.25, -0.2) is 4.79 Å². The van der Waals surface area contributed by atoms with Crippen molar-refractivity contribution in [3.63, 3.8) is 0 Å². The number of fused-ring (bicyclic) bond motifs is 1. The van der Waals surface area contributed by atoms with Crippen LogP contribution >= 0.6 is 0 Å². The number of aliphatic hydroxyl groups is 3. The zero-order valence-electron chi connectivity index (χ0n) is 14.2. The summed E-state index contributed by atoms with van der Waals surface area (Å²) in [5.41, 5.74) is 0.670. The van der Waals surface area contributed by atoms with Gasteiger partial charge in [-0.3, -0.25) is 0 Å². The molecule has 0 radical (unpaired) electrons. The van der Waals surface area contributed by atoms with Gasteiger partial charge in [-0.05, 0) is 31.5 Å². The van der Waals surface area contributed by atoms with Crippen LogP contribution in [0.5, 0.6) is 5.75 Å². The molecule has 0 spiro atoms. The summed E-state index contributed by atoms with van der Waals surface area (Å²) in [7, 11) is 0. The number of aryl methyl sites for hydroxylation is 1. The Bertz CT molecular complexity index is 773. The van der Waals surface area contributed by atoms with Gasteiger partial charge in [0, 0.05) is 17.5 Å². The number of benzene rings is 1. The fraction of sp³-hybridized carbons (Fsp3) is 0.438.